The first kappa shape index (κ1) is 13.9. The molecule has 1 fully saturated rings. The first-order chi connectivity index (χ1) is 10.1. The van der Waals surface area contributed by atoms with Crippen LogP contribution in [0.25, 0.3) is 11.3 Å². The molecule has 0 bridgehead atoms. The van der Waals surface area contributed by atoms with Crippen molar-refractivity contribution in [3.05, 3.63) is 30.5 Å². The van der Waals surface area contributed by atoms with E-state index in [4.69, 9.17) is 5.73 Å². The number of halogens is 2. The van der Waals surface area contributed by atoms with Crippen LogP contribution in [0.3, 0.4) is 0 Å². The Hall–Kier alpha value is -2.11. The smallest absolute Gasteiger partial charge is 0.387 e. The lowest BCUT2D eigenvalue weighted by Crippen LogP contribution is -2.05. The van der Waals surface area contributed by atoms with E-state index in [9.17, 15) is 8.78 Å². The Morgan fingerprint density at radius 3 is 2.76 bits per heavy atom. The average molecular weight is 293 g/mol. The topological polar surface area (TPSA) is 53.1 Å². The van der Waals surface area contributed by atoms with Gasteiger partial charge in [-0.15, -0.1) is 0 Å². The van der Waals surface area contributed by atoms with E-state index in [1.54, 1.807) is 12.1 Å². The Morgan fingerprint density at radius 2 is 2.05 bits per heavy atom. The van der Waals surface area contributed by atoms with Crippen molar-refractivity contribution in [3.63, 3.8) is 0 Å². The number of hydrogen-bond donors (Lipinski definition) is 1. The van der Waals surface area contributed by atoms with Gasteiger partial charge in [0, 0.05) is 11.8 Å². The third-order valence-electron chi connectivity index (χ3n) is 3.79. The molecule has 0 unspecified atom stereocenters. The summed E-state index contributed by atoms with van der Waals surface area (Å²) in [5.41, 5.74) is 7.87. The van der Waals surface area contributed by atoms with Crippen molar-refractivity contribution in [2.45, 2.75) is 38.3 Å². The van der Waals surface area contributed by atoms with E-state index in [0.717, 1.165) is 12.8 Å². The van der Waals surface area contributed by atoms with Gasteiger partial charge in [-0.05, 0) is 25.0 Å². The number of nitrogen functional groups attached to an aromatic ring is 1. The Kier molecular flexibility index (Phi) is 3.77. The number of benzene rings is 1. The van der Waals surface area contributed by atoms with Gasteiger partial charge in [-0.1, -0.05) is 25.0 Å². The summed E-state index contributed by atoms with van der Waals surface area (Å²) in [5, 5.41) is 4.53. The minimum absolute atomic E-state index is 0.109. The van der Waals surface area contributed by atoms with Gasteiger partial charge in [-0.25, -0.2) is 0 Å². The van der Waals surface area contributed by atoms with Gasteiger partial charge in [-0.2, -0.15) is 13.9 Å². The molecule has 0 amide bonds. The molecule has 1 aliphatic carbocycles. The molecule has 2 aromatic rings. The van der Waals surface area contributed by atoms with Gasteiger partial charge in [0.05, 0.1) is 11.7 Å². The minimum Gasteiger partial charge on any atom is -0.435 e. The van der Waals surface area contributed by atoms with Gasteiger partial charge in [0.25, 0.3) is 0 Å². The van der Waals surface area contributed by atoms with Crippen molar-refractivity contribution >= 4 is 5.69 Å². The fourth-order valence-electron chi connectivity index (χ4n) is 2.81. The molecule has 21 heavy (non-hydrogen) atoms. The third-order valence-corrected chi connectivity index (χ3v) is 3.79. The third kappa shape index (κ3) is 2.99. The molecule has 1 saturated carbocycles. The van der Waals surface area contributed by atoms with Crippen molar-refractivity contribution in [2.24, 2.45) is 0 Å². The number of hydrogen-bond acceptors (Lipinski definition) is 3. The van der Waals surface area contributed by atoms with Crippen LogP contribution in [-0.2, 0) is 0 Å². The number of rotatable bonds is 4. The summed E-state index contributed by atoms with van der Waals surface area (Å²) in [6.45, 7) is -2.84. The van der Waals surface area contributed by atoms with Crippen LogP contribution in [0.2, 0.25) is 0 Å². The van der Waals surface area contributed by atoms with Crippen molar-refractivity contribution in [2.75, 3.05) is 5.73 Å². The molecule has 0 spiro atoms. The van der Waals surface area contributed by atoms with Gasteiger partial charge in [0.2, 0.25) is 0 Å². The maximum atomic E-state index is 12.3. The minimum atomic E-state index is -2.84. The summed E-state index contributed by atoms with van der Waals surface area (Å²) >= 11 is 0. The second kappa shape index (κ2) is 5.71. The van der Waals surface area contributed by atoms with Gasteiger partial charge in [-0.3, -0.25) is 4.68 Å². The lowest BCUT2D eigenvalue weighted by molar-refractivity contribution is -0.0498. The quantitative estimate of drug-likeness (QED) is 0.931. The molecule has 2 N–H and O–H groups in total. The zero-order valence-corrected chi connectivity index (χ0v) is 11.5. The van der Waals surface area contributed by atoms with Gasteiger partial charge in [0.15, 0.2) is 0 Å². The summed E-state index contributed by atoms with van der Waals surface area (Å²) < 4.78 is 30.9. The van der Waals surface area contributed by atoms with Crippen molar-refractivity contribution in [1.82, 2.24) is 9.78 Å². The second-order valence-corrected chi connectivity index (χ2v) is 5.26. The molecule has 4 nitrogen and oxygen atoms in total. The number of anilines is 1. The summed E-state index contributed by atoms with van der Waals surface area (Å²) in [4.78, 5) is 0. The molecular formula is C15H17F2N3O. The Labute approximate surface area is 121 Å². The molecule has 112 valence electrons. The largest absolute Gasteiger partial charge is 0.435 e. The molecule has 0 aliphatic heterocycles. The van der Waals surface area contributed by atoms with Crippen LogP contribution in [-0.4, -0.2) is 16.4 Å². The maximum Gasteiger partial charge on any atom is 0.387 e. The molecule has 3 rings (SSSR count). The first-order valence-corrected chi connectivity index (χ1v) is 7.03. The van der Waals surface area contributed by atoms with Crippen molar-refractivity contribution < 1.29 is 13.5 Å². The molecular weight excluding hydrogens is 276 g/mol. The van der Waals surface area contributed by atoms with E-state index in [1.807, 2.05) is 10.9 Å². The van der Waals surface area contributed by atoms with Crippen LogP contribution in [0.15, 0.2) is 30.5 Å². The van der Waals surface area contributed by atoms with Crippen molar-refractivity contribution in [3.8, 4) is 17.0 Å². The zero-order valence-electron chi connectivity index (χ0n) is 11.5. The average Bonchev–Trinajstić information content (AvgIpc) is 3.07. The molecule has 0 saturated heterocycles. The second-order valence-electron chi connectivity index (χ2n) is 5.26. The summed E-state index contributed by atoms with van der Waals surface area (Å²) in [6.07, 6.45) is 6.45. The highest BCUT2D eigenvalue weighted by Crippen LogP contribution is 2.33. The molecule has 1 aliphatic rings. The van der Waals surface area contributed by atoms with Gasteiger partial charge < -0.3 is 10.5 Å². The van der Waals surface area contributed by atoms with E-state index in [2.05, 4.69) is 9.84 Å². The highest BCUT2D eigenvalue weighted by molar-refractivity contribution is 5.72. The Bertz CT molecular complexity index is 621. The Morgan fingerprint density at radius 1 is 1.29 bits per heavy atom. The van der Waals surface area contributed by atoms with Gasteiger partial charge >= 0.3 is 6.61 Å². The summed E-state index contributed by atoms with van der Waals surface area (Å²) in [6, 6.07) is 6.85. The number of aromatic nitrogens is 2. The lowest BCUT2D eigenvalue weighted by Gasteiger charge is -2.09. The van der Waals surface area contributed by atoms with E-state index >= 15 is 0 Å². The number of nitrogens with zero attached hydrogens (tertiary/aromatic N) is 2. The van der Waals surface area contributed by atoms with Crippen LogP contribution < -0.4 is 10.5 Å². The normalized spacial score (nSPS) is 15.8. The number of ether oxygens (including phenoxy) is 1. The lowest BCUT2D eigenvalue weighted by atomic mass is 10.1. The number of alkyl halides is 2. The van der Waals surface area contributed by atoms with Gasteiger partial charge in [0.1, 0.15) is 11.4 Å². The molecule has 0 atom stereocenters. The molecule has 1 aromatic heterocycles. The van der Waals surface area contributed by atoms with E-state index in [0.29, 0.717) is 23.0 Å². The summed E-state index contributed by atoms with van der Waals surface area (Å²) in [7, 11) is 0. The Balaban J connectivity index is 1.89. The highest BCUT2D eigenvalue weighted by Gasteiger charge is 2.20. The SMILES string of the molecule is Nc1cn(C2CCCC2)nc1-c1cccc(OC(F)F)c1. The molecule has 1 heterocycles. The molecule has 1 aromatic carbocycles. The van der Waals surface area contributed by atoms with Crippen LogP contribution in [0.1, 0.15) is 31.7 Å². The highest BCUT2D eigenvalue weighted by atomic mass is 19.3. The van der Waals surface area contributed by atoms with Crippen LogP contribution >= 0.6 is 0 Å². The molecule has 0 radical (unpaired) electrons. The predicted octanol–water partition coefficient (Wildman–Crippen LogP) is 3.85. The maximum absolute atomic E-state index is 12.3. The fraction of sp³-hybridized carbons (Fsp3) is 0.400. The molecule has 6 heteroatoms. The summed E-state index contributed by atoms with van der Waals surface area (Å²) in [5.74, 6) is 0.109. The van der Waals surface area contributed by atoms with Crippen LogP contribution in [0.5, 0.6) is 5.75 Å². The van der Waals surface area contributed by atoms with Crippen LogP contribution in [0.4, 0.5) is 14.5 Å². The first-order valence-electron chi connectivity index (χ1n) is 7.03. The van der Waals surface area contributed by atoms with Crippen molar-refractivity contribution in [1.29, 1.82) is 0 Å². The zero-order chi connectivity index (χ0) is 14.8. The monoisotopic (exact) mass is 293 g/mol. The number of nitrogens with two attached hydrogens (primary N) is 1. The fourth-order valence-corrected chi connectivity index (χ4v) is 2.81. The van der Waals surface area contributed by atoms with E-state index in [-0.39, 0.29) is 5.75 Å². The van der Waals surface area contributed by atoms with Crippen LogP contribution in [0, 0.1) is 0 Å². The van der Waals surface area contributed by atoms with E-state index in [1.165, 1.54) is 25.0 Å². The predicted molar refractivity (Wildman–Crippen MR) is 76.2 cm³/mol. The van der Waals surface area contributed by atoms with E-state index < -0.39 is 6.61 Å². The standard InChI is InChI=1S/C15H17F2N3O/c16-15(17)21-12-7-3-4-10(8-12)14-13(18)9-20(19-14)11-5-1-2-6-11/h3-4,7-9,11,15H,1-2,5-6,18H2.